The number of furan rings is 1. The zero-order valence-corrected chi connectivity index (χ0v) is 6.03. The lowest BCUT2D eigenvalue weighted by Gasteiger charge is -2.00. The molecule has 62 valence electrons. The molecule has 0 radical (unpaired) electrons. The summed E-state index contributed by atoms with van der Waals surface area (Å²) >= 11 is 0. The molecule has 2 heterocycles. The molecule has 1 aromatic heterocycles. The minimum absolute atomic E-state index is 0.380. The number of nitrogens with one attached hydrogen (secondary N) is 2. The second kappa shape index (κ2) is 2.37. The fourth-order valence-corrected chi connectivity index (χ4v) is 1.07. The maximum Gasteiger partial charge on any atom is 0.322 e. The van der Waals surface area contributed by atoms with E-state index < -0.39 is 12.1 Å². The largest absolute Gasteiger partial charge is 0.467 e. The summed E-state index contributed by atoms with van der Waals surface area (Å²) in [4.78, 5) is 21.7. The van der Waals surface area contributed by atoms with Crippen LogP contribution in [0.15, 0.2) is 22.8 Å². The van der Waals surface area contributed by atoms with E-state index in [0.717, 1.165) is 0 Å². The number of hydrogen-bond acceptors (Lipinski definition) is 3. The third-order valence-electron chi connectivity index (χ3n) is 1.60. The van der Waals surface area contributed by atoms with Crippen LogP contribution in [0.3, 0.4) is 0 Å². The number of amides is 3. The summed E-state index contributed by atoms with van der Waals surface area (Å²) in [7, 11) is 0. The van der Waals surface area contributed by atoms with E-state index >= 15 is 0 Å². The number of rotatable bonds is 1. The van der Waals surface area contributed by atoms with E-state index in [2.05, 4.69) is 10.6 Å². The predicted molar refractivity (Wildman–Crippen MR) is 38.1 cm³/mol. The van der Waals surface area contributed by atoms with Crippen LogP contribution in [0.2, 0.25) is 0 Å². The van der Waals surface area contributed by atoms with Crippen molar-refractivity contribution in [3.05, 3.63) is 24.2 Å². The van der Waals surface area contributed by atoms with E-state index in [1.807, 2.05) is 0 Å². The van der Waals surface area contributed by atoms with Gasteiger partial charge in [-0.25, -0.2) is 4.79 Å². The van der Waals surface area contributed by atoms with Crippen LogP contribution in [0.5, 0.6) is 0 Å². The zero-order valence-electron chi connectivity index (χ0n) is 6.03. The van der Waals surface area contributed by atoms with Crippen LogP contribution in [0, 0.1) is 0 Å². The fraction of sp³-hybridized carbons (Fsp3) is 0.143. The highest BCUT2D eigenvalue weighted by Crippen LogP contribution is 2.15. The molecular formula is C7H6N2O3. The van der Waals surface area contributed by atoms with E-state index in [1.165, 1.54) is 6.26 Å². The molecule has 0 aromatic carbocycles. The first kappa shape index (κ1) is 6.90. The van der Waals surface area contributed by atoms with Crippen LogP contribution >= 0.6 is 0 Å². The number of hydrogen-bond donors (Lipinski definition) is 2. The molecule has 1 atom stereocenters. The first-order valence-corrected chi connectivity index (χ1v) is 3.42. The van der Waals surface area contributed by atoms with Crippen LogP contribution < -0.4 is 10.6 Å². The molecule has 0 spiro atoms. The lowest BCUT2D eigenvalue weighted by Crippen LogP contribution is -2.22. The van der Waals surface area contributed by atoms with Crippen molar-refractivity contribution in [2.45, 2.75) is 6.04 Å². The molecule has 1 saturated heterocycles. The summed E-state index contributed by atoms with van der Waals surface area (Å²) in [6, 6.07) is 2.14. The topological polar surface area (TPSA) is 71.3 Å². The molecule has 2 N–H and O–H groups in total. The van der Waals surface area contributed by atoms with Crippen molar-refractivity contribution >= 4 is 11.9 Å². The summed E-state index contributed by atoms with van der Waals surface area (Å²) in [6.07, 6.45) is 1.45. The summed E-state index contributed by atoms with van der Waals surface area (Å²) in [5.41, 5.74) is 0. The van der Waals surface area contributed by atoms with Crippen molar-refractivity contribution < 1.29 is 14.0 Å². The van der Waals surface area contributed by atoms with Gasteiger partial charge < -0.3 is 9.73 Å². The van der Waals surface area contributed by atoms with Crippen LogP contribution in [-0.4, -0.2) is 11.9 Å². The minimum atomic E-state index is -0.674. The van der Waals surface area contributed by atoms with E-state index in [0.29, 0.717) is 5.76 Å². The van der Waals surface area contributed by atoms with Gasteiger partial charge in [0.15, 0.2) is 6.04 Å². The Labute approximate surface area is 67.7 Å². The number of carbonyl (C=O) groups is 2. The van der Waals surface area contributed by atoms with Crippen LogP contribution in [-0.2, 0) is 4.79 Å². The van der Waals surface area contributed by atoms with Crippen molar-refractivity contribution in [1.82, 2.24) is 10.6 Å². The quantitative estimate of drug-likeness (QED) is 0.584. The molecule has 2 rings (SSSR count). The maximum atomic E-state index is 11.0. The van der Waals surface area contributed by atoms with Gasteiger partial charge in [0.05, 0.1) is 6.26 Å². The Morgan fingerprint density at radius 1 is 1.42 bits per heavy atom. The number of imide groups is 1. The highest BCUT2D eigenvalue weighted by atomic mass is 16.3. The maximum absolute atomic E-state index is 11.0. The molecule has 0 saturated carbocycles. The molecule has 5 nitrogen and oxygen atoms in total. The first-order chi connectivity index (χ1) is 5.77. The third kappa shape index (κ3) is 0.952. The standard InChI is InChI=1S/C7H6N2O3/c10-6-5(8-7(11)9-6)4-2-1-3-12-4/h1-3,5H,(H2,8,9,10,11)/t5-/m1/s1. The van der Waals surface area contributed by atoms with Crippen molar-refractivity contribution in [3.63, 3.8) is 0 Å². The molecule has 0 aliphatic carbocycles. The third-order valence-corrected chi connectivity index (χ3v) is 1.60. The molecule has 0 bridgehead atoms. The highest BCUT2D eigenvalue weighted by Gasteiger charge is 2.32. The Kier molecular flexibility index (Phi) is 1.36. The average molecular weight is 166 g/mol. The highest BCUT2D eigenvalue weighted by molar-refractivity contribution is 6.04. The van der Waals surface area contributed by atoms with Gasteiger partial charge in [-0.2, -0.15) is 0 Å². The summed E-state index contributed by atoms with van der Waals surface area (Å²) in [5, 5.41) is 4.52. The zero-order chi connectivity index (χ0) is 8.55. The van der Waals surface area contributed by atoms with Gasteiger partial charge in [0.2, 0.25) is 0 Å². The van der Waals surface area contributed by atoms with E-state index in [1.54, 1.807) is 12.1 Å². The van der Waals surface area contributed by atoms with Crippen LogP contribution in [0.4, 0.5) is 4.79 Å². The van der Waals surface area contributed by atoms with Crippen molar-refractivity contribution in [2.24, 2.45) is 0 Å². The summed E-state index contributed by atoms with van der Waals surface area (Å²) in [6.45, 7) is 0. The average Bonchev–Trinajstić information content (AvgIpc) is 2.58. The van der Waals surface area contributed by atoms with Gasteiger partial charge in [-0.1, -0.05) is 0 Å². The van der Waals surface area contributed by atoms with Crippen LogP contribution in [0.25, 0.3) is 0 Å². The monoisotopic (exact) mass is 166 g/mol. The fourth-order valence-electron chi connectivity index (χ4n) is 1.07. The Hall–Kier alpha value is -1.78. The Morgan fingerprint density at radius 2 is 2.25 bits per heavy atom. The van der Waals surface area contributed by atoms with E-state index in [-0.39, 0.29) is 5.91 Å². The van der Waals surface area contributed by atoms with Crippen molar-refractivity contribution in [1.29, 1.82) is 0 Å². The van der Waals surface area contributed by atoms with Gasteiger partial charge >= 0.3 is 6.03 Å². The van der Waals surface area contributed by atoms with Gasteiger partial charge in [0, 0.05) is 0 Å². The lowest BCUT2D eigenvalue weighted by molar-refractivity contribution is -0.120. The van der Waals surface area contributed by atoms with Gasteiger partial charge in [-0.05, 0) is 12.1 Å². The smallest absolute Gasteiger partial charge is 0.322 e. The Bertz CT molecular complexity index is 317. The summed E-state index contributed by atoms with van der Waals surface area (Å²) in [5.74, 6) is 0.0632. The molecule has 1 aliphatic heterocycles. The molecule has 1 aromatic rings. The first-order valence-electron chi connectivity index (χ1n) is 3.42. The van der Waals surface area contributed by atoms with Crippen molar-refractivity contribution in [2.75, 3.05) is 0 Å². The second-order valence-electron chi connectivity index (χ2n) is 2.41. The van der Waals surface area contributed by atoms with Crippen LogP contribution in [0.1, 0.15) is 11.8 Å². The Morgan fingerprint density at radius 3 is 2.75 bits per heavy atom. The van der Waals surface area contributed by atoms with Gasteiger partial charge in [0.25, 0.3) is 5.91 Å². The molecule has 1 aliphatic rings. The molecule has 0 unspecified atom stereocenters. The van der Waals surface area contributed by atoms with Gasteiger partial charge in [-0.15, -0.1) is 0 Å². The lowest BCUT2D eigenvalue weighted by atomic mass is 10.2. The predicted octanol–water partition coefficient (Wildman–Crippen LogP) is 0.160. The summed E-state index contributed by atoms with van der Waals surface area (Å²) < 4.78 is 4.96. The molecule has 12 heavy (non-hydrogen) atoms. The number of carbonyl (C=O) groups excluding carboxylic acids is 2. The minimum Gasteiger partial charge on any atom is -0.467 e. The number of urea groups is 1. The normalized spacial score (nSPS) is 22.2. The second-order valence-corrected chi connectivity index (χ2v) is 2.41. The SMILES string of the molecule is O=C1NC(=O)[C@@H](c2ccco2)N1. The van der Waals surface area contributed by atoms with Crippen molar-refractivity contribution in [3.8, 4) is 0 Å². The Balaban J connectivity index is 2.26. The molecule has 5 heteroatoms. The van der Waals surface area contributed by atoms with Gasteiger partial charge in [0.1, 0.15) is 5.76 Å². The van der Waals surface area contributed by atoms with E-state index in [4.69, 9.17) is 4.42 Å². The van der Waals surface area contributed by atoms with Gasteiger partial charge in [-0.3, -0.25) is 10.1 Å². The molecular weight excluding hydrogens is 160 g/mol. The molecule has 1 fully saturated rings. The van der Waals surface area contributed by atoms with E-state index in [9.17, 15) is 9.59 Å². The molecule has 3 amide bonds.